The lowest BCUT2D eigenvalue weighted by atomic mass is 10.1. The summed E-state index contributed by atoms with van der Waals surface area (Å²) in [6.07, 6.45) is 0.702. The molecule has 1 rings (SSSR count). The summed E-state index contributed by atoms with van der Waals surface area (Å²) in [6, 6.07) is 7.02. The van der Waals surface area contributed by atoms with Gasteiger partial charge in [-0.05, 0) is 25.0 Å². The maximum Gasteiger partial charge on any atom is 0.315 e. The van der Waals surface area contributed by atoms with E-state index in [0.717, 1.165) is 5.56 Å². The van der Waals surface area contributed by atoms with E-state index in [0.29, 0.717) is 31.2 Å². The van der Waals surface area contributed by atoms with Crippen LogP contribution in [-0.4, -0.2) is 37.5 Å². The van der Waals surface area contributed by atoms with E-state index >= 15 is 0 Å². The number of aliphatic hydroxyl groups is 1. The number of aliphatic hydroxyl groups excluding tert-OH is 1. The van der Waals surface area contributed by atoms with E-state index in [2.05, 4.69) is 10.6 Å². The first-order valence-electron chi connectivity index (χ1n) is 6.62. The van der Waals surface area contributed by atoms with Gasteiger partial charge >= 0.3 is 6.03 Å². The average molecular weight is 301 g/mol. The second-order valence-electron chi connectivity index (χ2n) is 4.33. The Kier molecular flexibility index (Phi) is 8.02. The fourth-order valence-electron chi connectivity index (χ4n) is 1.69. The summed E-state index contributed by atoms with van der Waals surface area (Å²) in [5.74, 6) is 0. The van der Waals surface area contributed by atoms with Gasteiger partial charge in [-0.3, -0.25) is 0 Å². The van der Waals surface area contributed by atoms with Crippen LogP contribution in [0.3, 0.4) is 0 Å². The highest BCUT2D eigenvalue weighted by atomic mass is 35.5. The van der Waals surface area contributed by atoms with Crippen LogP contribution in [0.4, 0.5) is 4.79 Å². The van der Waals surface area contributed by atoms with E-state index in [1.807, 2.05) is 25.1 Å². The summed E-state index contributed by atoms with van der Waals surface area (Å²) in [7, 11) is 0. The van der Waals surface area contributed by atoms with Gasteiger partial charge in [0.25, 0.3) is 0 Å². The Hall–Kier alpha value is -1.30. The summed E-state index contributed by atoms with van der Waals surface area (Å²) >= 11 is 6.07. The number of hydrogen-bond donors (Lipinski definition) is 3. The van der Waals surface area contributed by atoms with Crippen molar-refractivity contribution in [1.82, 2.24) is 10.6 Å². The van der Waals surface area contributed by atoms with Gasteiger partial charge in [0, 0.05) is 18.2 Å². The lowest BCUT2D eigenvalue weighted by Crippen LogP contribution is -2.37. The van der Waals surface area contributed by atoms with Gasteiger partial charge in [-0.1, -0.05) is 29.8 Å². The maximum absolute atomic E-state index is 11.7. The van der Waals surface area contributed by atoms with Crippen molar-refractivity contribution < 1.29 is 14.6 Å². The van der Waals surface area contributed by atoms with Crippen molar-refractivity contribution in [2.75, 3.05) is 26.4 Å². The molecule has 0 heterocycles. The minimum Gasteiger partial charge on any atom is -0.394 e. The van der Waals surface area contributed by atoms with Crippen LogP contribution >= 0.6 is 11.6 Å². The number of ether oxygens (including phenoxy) is 1. The summed E-state index contributed by atoms with van der Waals surface area (Å²) < 4.78 is 5.09. The zero-order valence-corrected chi connectivity index (χ0v) is 12.3. The van der Waals surface area contributed by atoms with Crippen LogP contribution in [0, 0.1) is 0 Å². The molecular formula is C14H21ClN2O3. The van der Waals surface area contributed by atoms with E-state index in [1.54, 1.807) is 6.07 Å². The predicted molar refractivity (Wildman–Crippen MR) is 78.9 cm³/mol. The normalized spacial score (nSPS) is 11.9. The molecule has 20 heavy (non-hydrogen) atoms. The summed E-state index contributed by atoms with van der Waals surface area (Å²) in [6.45, 7) is 3.26. The van der Waals surface area contributed by atoms with Crippen LogP contribution < -0.4 is 10.6 Å². The fourth-order valence-corrected chi connectivity index (χ4v) is 1.99. The number of hydrogen-bond acceptors (Lipinski definition) is 3. The van der Waals surface area contributed by atoms with Crippen molar-refractivity contribution in [2.45, 2.75) is 19.4 Å². The first-order chi connectivity index (χ1) is 9.65. The van der Waals surface area contributed by atoms with Crippen molar-refractivity contribution >= 4 is 17.6 Å². The molecule has 0 radical (unpaired) electrons. The third kappa shape index (κ3) is 6.23. The van der Waals surface area contributed by atoms with Crippen LogP contribution in [-0.2, 0) is 4.74 Å². The van der Waals surface area contributed by atoms with Crippen LogP contribution in [0.15, 0.2) is 24.3 Å². The molecule has 1 atom stereocenters. The van der Waals surface area contributed by atoms with Gasteiger partial charge in [0.1, 0.15) is 0 Å². The van der Waals surface area contributed by atoms with Crippen LogP contribution in [0.2, 0.25) is 5.02 Å². The first kappa shape index (κ1) is 16.8. The number of carbonyl (C=O) groups is 1. The van der Waals surface area contributed by atoms with Crippen LogP contribution in [0.5, 0.6) is 0 Å². The lowest BCUT2D eigenvalue weighted by molar-refractivity contribution is 0.0909. The largest absolute Gasteiger partial charge is 0.394 e. The number of rotatable bonds is 8. The van der Waals surface area contributed by atoms with Crippen molar-refractivity contribution in [3.63, 3.8) is 0 Å². The number of halogens is 1. The second kappa shape index (κ2) is 9.58. The van der Waals surface area contributed by atoms with E-state index in [-0.39, 0.29) is 18.7 Å². The molecule has 3 N–H and O–H groups in total. The molecule has 0 aliphatic rings. The highest BCUT2D eigenvalue weighted by molar-refractivity contribution is 6.31. The van der Waals surface area contributed by atoms with Crippen molar-refractivity contribution in [3.8, 4) is 0 Å². The molecule has 0 aromatic heterocycles. The molecule has 1 aromatic rings. The SMILES string of the molecule is CC(NC(=O)NCCCOCCO)c1ccccc1Cl. The molecule has 0 aliphatic carbocycles. The molecule has 112 valence electrons. The lowest BCUT2D eigenvalue weighted by Gasteiger charge is -2.16. The summed E-state index contributed by atoms with van der Waals surface area (Å²) in [4.78, 5) is 11.7. The monoisotopic (exact) mass is 300 g/mol. The molecule has 5 nitrogen and oxygen atoms in total. The number of carbonyl (C=O) groups excluding carboxylic acids is 1. The van der Waals surface area contributed by atoms with E-state index in [1.165, 1.54) is 0 Å². The average Bonchev–Trinajstić information content (AvgIpc) is 2.43. The quantitative estimate of drug-likeness (QED) is 0.644. The van der Waals surface area contributed by atoms with Gasteiger partial charge in [0.15, 0.2) is 0 Å². The second-order valence-corrected chi connectivity index (χ2v) is 4.74. The Morgan fingerprint density at radius 1 is 1.40 bits per heavy atom. The zero-order valence-electron chi connectivity index (χ0n) is 11.6. The van der Waals surface area contributed by atoms with E-state index < -0.39 is 0 Å². The van der Waals surface area contributed by atoms with Gasteiger partial charge in [-0.25, -0.2) is 4.79 Å². The molecule has 0 aliphatic heterocycles. The van der Waals surface area contributed by atoms with Crippen LogP contribution in [0.25, 0.3) is 0 Å². The van der Waals surface area contributed by atoms with Crippen LogP contribution in [0.1, 0.15) is 24.9 Å². The Morgan fingerprint density at radius 2 is 2.15 bits per heavy atom. The third-order valence-electron chi connectivity index (χ3n) is 2.71. The number of nitrogens with one attached hydrogen (secondary N) is 2. The minimum absolute atomic E-state index is 0.0171. The van der Waals surface area contributed by atoms with Gasteiger partial charge < -0.3 is 20.5 Å². The third-order valence-corrected chi connectivity index (χ3v) is 3.05. The topological polar surface area (TPSA) is 70.6 Å². The molecule has 0 bridgehead atoms. The minimum atomic E-state index is -0.237. The molecule has 2 amide bonds. The predicted octanol–water partition coefficient (Wildman–Crippen LogP) is 2.10. The molecule has 0 fully saturated rings. The van der Waals surface area contributed by atoms with Crippen molar-refractivity contribution in [2.24, 2.45) is 0 Å². The zero-order chi connectivity index (χ0) is 14.8. The summed E-state index contributed by atoms with van der Waals surface area (Å²) in [5.41, 5.74) is 0.885. The highest BCUT2D eigenvalue weighted by Gasteiger charge is 2.11. The first-order valence-corrected chi connectivity index (χ1v) is 7.00. The molecule has 1 aromatic carbocycles. The Morgan fingerprint density at radius 3 is 2.85 bits per heavy atom. The van der Waals surface area contributed by atoms with Crippen molar-refractivity contribution in [1.29, 1.82) is 0 Å². The number of amides is 2. The fraction of sp³-hybridized carbons (Fsp3) is 0.500. The highest BCUT2D eigenvalue weighted by Crippen LogP contribution is 2.21. The molecular weight excluding hydrogens is 280 g/mol. The van der Waals surface area contributed by atoms with Gasteiger partial charge in [-0.2, -0.15) is 0 Å². The molecule has 6 heteroatoms. The van der Waals surface area contributed by atoms with Gasteiger partial charge in [-0.15, -0.1) is 0 Å². The van der Waals surface area contributed by atoms with Gasteiger partial charge in [0.2, 0.25) is 0 Å². The Bertz CT molecular complexity index is 415. The van der Waals surface area contributed by atoms with Gasteiger partial charge in [0.05, 0.1) is 19.3 Å². The Labute approximate surface area is 124 Å². The maximum atomic E-state index is 11.7. The van der Waals surface area contributed by atoms with Crippen molar-refractivity contribution in [3.05, 3.63) is 34.9 Å². The number of urea groups is 1. The van der Waals surface area contributed by atoms with E-state index in [4.69, 9.17) is 21.4 Å². The summed E-state index contributed by atoms with van der Waals surface area (Å²) in [5, 5.41) is 14.7. The molecule has 0 spiro atoms. The molecule has 0 saturated carbocycles. The molecule has 0 saturated heterocycles. The standard InChI is InChI=1S/C14H21ClN2O3/c1-11(12-5-2-3-6-13(12)15)17-14(19)16-7-4-9-20-10-8-18/h2-3,5-6,11,18H,4,7-10H2,1H3,(H2,16,17,19). The number of benzene rings is 1. The molecule has 1 unspecified atom stereocenters. The van der Waals surface area contributed by atoms with E-state index in [9.17, 15) is 4.79 Å². The smallest absolute Gasteiger partial charge is 0.315 e. The Balaban J connectivity index is 2.23.